The third kappa shape index (κ3) is 6.78. The van der Waals surface area contributed by atoms with Gasteiger partial charge in [-0.05, 0) is 23.3 Å². The van der Waals surface area contributed by atoms with E-state index in [0.29, 0.717) is 6.54 Å². The van der Waals surface area contributed by atoms with Gasteiger partial charge < -0.3 is 20.7 Å². The van der Waals surface area contributed by atoms with Gasteiger partial charge in [-0.15, -0.1) is 0 Å². The fourth-order valence-corrected chi connectivity index (χ4v) is 2.96. The van der Waals surface area contributed by atoms with E-state index in [-0.39, 0.29) is 12.2 Å². The van der Waals surface area contributed by atoms with Gasteiger partial charge in [0.05, 0.1) is 19.8 Å². The molecule has 30 heavy (non-hydrogen) atoms. The number of nitrogens with one attached hydrogen (secondary N) is 3. The van der Waals surface area contributed by atoms with E-state index in [1.807, 2.05) is 24.3 Å². The number of carbonyl (C=O) groups excluding carboxylic acids is 2. The zero-order chi connectivity index (χ0) is 21.3. The summed E-state index contributed by atoms with van der Waals surface area (Å²) in [7, 11) is 0. The average Bonchev–Trinajstić information content (AvgIpc) is 2.75. The van der Waals surface area contributed by atoms with Gasteiger partial charge >= 0.3 is 6.03 Å². The lowest BCUT2D eigenvalue weighted by molar-refractivity contribution is -0.115. The third-order valence-corrected chi connectivity index (χ3v) is 4.60. The van der Waals surface area contributed by atoms with Gasteiger partial charge in [-0.3, -0.25) is 9.69 Å². The Bertz CT molecular complexity index is 871. The number of halogens is 2. The summed E-state index contributed by atoms with van der Waals surface area (Å²) in [6, 6.07) is 10.5. The minimum Gasteiger partial charge on any atom is -0.379 e. The number of amides is 3. The number of hydrogen-bond acceptors (Lipinski definition) is 4. The van der Waals surface area contributed by atoms with Crippen LogP contribution in [0.2, 0.25) is 0 Å². The molecule has 1 fully saturated rings. The maximum Gasteiger partial charge on any atom is 0.315 e. The SMILES string of the molecule is O=C(CNC(=O)NCc1ccc(CN2CCOCC2)cc1)Nc1ccc(F)c(F)c1. The van der Waals surface area contributed by atoms with Crippen LogP contribution in [0.15, 0.2) is 42.5 Å². The molecule has 3 rings (SSSR count). The number of carbonyl (C=O) groups is 2. The van der Waals surface area contributed by atoms with Crippen LogP contribution < -0.4 is 16.0 Å². The number of rotatable bonds is 7. The number of nitrogens with zero attached hydrogens (tertiary/aromatic N) is 1. The molecule has 1 heterocycles. The second-order valence-corrected chi connectivity index (χ2v) is 6.92. The standard InChI is InChI=1S/C21H24F2N4O3/c22-18-6-5-17(11-19(18)23)26-20(28)13-25-21(29)24-12-15-1-3-16(4-2-15)14-27-7-9-30-10-8-27/h1-6,11H,7-10,12-14H2,(H,26,28)(H2,24,25,29). The van der Waals surface area contributed by atoms with Crippen molar-refractivity contribution >= 4 is 17.6 Å². The van der Waals surface area contributed by atoms with Gasteiger partial charge in [0.1, 0.15) is 0 Å². The van der Waals surface area contributed by atoms with Crippen LogP contribution in [0.4, 0.5) is 19.3 Å². The zero-order valence-corrected chi connectivity index (χ0v) is 16.4. The Morgan fingerprint density at radius 3 is 2.33 bits per heavy atom. The van der Waals surface area contributed by atoms with Crippen molar-refractivity contribution in [2.75, 3.05) is 38.2 Å². The van der Waals surface area contributed by atoms with Gasteiger partial charge in [0, 0.05) is 37.9 Å². The van der Waals surface area contributed by atoms with Gasteiger partial charge in [-0.2, -0.15) is 0 Å². The van der Waals surface area contributed by atoms with Gasteiger partial charge in [0.2, 0.25) is 5.91 Å². The molecule has 1 aliphatic rings. The molecule has 9 heteroatoms. The Morgan fingerprint density at radius 1 is 0.933 bits per heavy atom. The van der Waals surface area contributed by atoms with Gasteiger partial charge in [0.25, 0.3) is 0 Å². The Labute approximate surface area is 173 Å². The third-order valence-electron chi connectivity index (χ3n) is 4.60. The molecule has 0 atom stereocenters. The van der Waals surface area contributed by atoms with Crippen LogP contribution in [0.1, 0.15) is 11.1 Å². The van der Waals surface area contributed by atoms with Gasteiger partial charge in [-0.1, -0.05) is 24.3 Å². The molecule has 7 nitrogen and oxygen atoms in total. The molecule has 3 N–H and O–H groups in total. The highest BCUT2D eigenvalue weighted by Crippen LogP contribution is 2.13. The molecule has 3 amide bonds. The van der Waals surface area contributed by atoms with E-state index in [1.165, 1.54) is 11.6 Å². The van der Waals surface area contributed by atoms with Crippen LogP contribution in [0, 0.1) is 11.6 Å². The molecule has 0 saturated carbocycles. The molecule has 0 spiro atoms. The predicted octanol–water partition coefficient (Wildman–Crippen LogP) is 2.23. The normalized spacial score (nSPS) is 14.2. The monoisotopic (exact) mass is 418 g/mol. The quantitative estimate of drug-likeness (QED) is 0.644. The van der Waals surface area contributed by atoms with E-state index in [2.05, 4.69) is 20.9 Å². The molecular weight excluding hydrogens is 394 g/mol. The molecule has 0 unspecified atom stereocenters. The largest absolute Gasteiger partial charge is 0.379 e. The Kier molecular flexibility index (Phi) is 7.69. The average molecular weight is 418 g/mol. The highest BCUT2D eigenvalue weighted by molar-refractivity contribution is 5.94. The molecule has 0 aliphatic carbocycles. The molecule has 0 radical (unpaired) electrons. The number of ether oxygens (including phenoxy) is 1. The molecule has 160 valence electrons. The van der Waals surface area contributed by atoms with Gasteiger partial charge in [0.15, 0.2) is 11.6 Å². The van der Waals surface area contributed by atoms with Crippen molar-refractivity contribution in [1.29, 1.82) is 0 Å². The van der Waals surface area contributed by atoms with Crippen molar-refractivity contribution in [2.45, 2.75) is 13.1 Å². The Hall–Kier alpha value is -3.04. The summed E-state index contributed by atoms with van der Waals surface area (Å²) in [4.78, 5) is 26.0. The molecule has 2 aromatic carbocycles. The minimum absolute atomic E-state index is 0.110. The van der Waals surface area contributed by atoms with Crippen molar-refractivity contribution in [3.8, 4) is 0 Å². The maximum atomic E-state index is 13.1. The summed E-state index contributed by atoms with van der Waals surface area (Å²) in [6.07, 6.45) is 0. The first kappa shape index (κ1) is 21.7. The first-order valence-corrected chi connectivity index (χ1v) is 9.64. The van der Waals surface area contributed by atoms with Crippen molar-refractivity contribution in [1.82, 2.24) is 15.5 Å². The molecule has 0 bridgehead atoms. The first-order valence-electron chi connectivity index (χ1n) is 9.64. The molecule has 0 aromatic heterocycles. The van der Waals surface area contributed by atoms with Crippen LogP contribution in [-0.4, -0.2) is 49.7 Å². The smallest absolute Gasteiger partial charge is 0.315 e. The fourth-order valence-electron chi connectivity index (χ4n) is 2.96. The van der Waals surface area contributed by atoms with Crippen LogP contribution in [0.3, 0.4) is 0 Å². The van der Waals surface area contributed by atoms with Crippen molar-refractivity contribution in [3.05, 3.63) is 65.2 Å². The van der Waals surface area contributed by atoms with Crippen LogP contribution in [0.25, 0.3) is 0 Å². The van der Waals surface area contributed by atoms with E-state index >= 15 is 0 Å². The number of urea groups is 1. The summed E-state index contributed by atoms with van der Waals surface area (Å²) in [5, 5.41) is 7.46. The van der Waals surface area contributed by atoms with E-state index in [4.69, 9.17) is 4.74 Å². The summed E-state index contributed by atoms with van der Waals surface area (Å²) < 4.78 is 31.4. The number of anilines is 1. The lowest BCUT2D eigenvalue weighted by atomic mass is 10.1. The number of benzene rings is 2. The van der Waals surface area contributed by atoms with Crippen LogP contribution >= 0.6 is 0 Å². The van der Waals surface area contributed by atoms with Crippen LogP contribution in [-0.2, 0) is 22.6 Å². The van der Waals surface area contributed by atoms with E-state index < -0.39 is 23.6 Å². The number of hydrogen-bond donors (Lipinski definition) is 3. The highest BCUT2D eigenvalue weighted by atomic mass is 19.2. The van der Waals surface area contributed by atoms with Crippen LogP contribution in [0.5, 0.6) is 0 Å². The van der Waals surface area contributed by atoms with E-state index in [9.17, 15) is 18.4 Å². The highest BCUT2D eigenvalue weighted by Gasteiger charge is 2.11. The lowest BCUT2D eigenvalue weighted by Crippen LogP contribution is -2.39. The zero-order valence-electron chi connectivity index (χ0n) is 16.4. The molecular formula is C21H24F2N4O3. The fraction of sp³-hybridized carbons (Fsp3) is 0.333. The second-order valence-electron chi connectivity index (χ2n) is 6.92. The summed E-state index contributed by atoms with van der Waals surface area (Å²) in [6.45, 7) is 4.24. The molecule has 1 saturated heterocycles. The van der Waals surface area contributed by atoms with Crippen molar-refractivity contribution in [3.63, 3.8) is 0 Å². The number of morpholine rings is 1. The Balaban J connectivity index is 1.36. The summed E-state index contributed by atoms with van der Waals surface area (Å²) in [5.41, 5.74) is 2.24. The second kappa shape index (κ2) is 10.7. The first-order chi connectivity index (χ1) is 14.5. The lowest BCUT2D eigenvalue weighted by Gasteiger charge is -2.26. The van der Waals surface area contributed by atoms with Gasteiger partial charge in [-0.25, -0.2) is 13.6 Å². The van der Waals surface area contributed by atoms with E-state index in [1.54, 1.807) is 0 Å². The molecule has 1 aliphatic heterocycles. The molecule has 2 aromatic rings. The maximum absolute atomic E-state index is 13.1. The van der Waals surface area contributed by atoms with E-state index in [0.717, 1.165) is 50.5 Å². The predicted molar refractivity (Wildman–Crippen MR) is 108 cm³/mol. The van der Waals surface area contributed by atoms with Crippen molar-refractivity contribution in [2.24, 2.45) is 0 Å². The Morgan fingerprint density at radius 2 is 1.63 bits per heavy atom. The summed E-state index contributed by atoms with van der Waals surface area (Å²) >= 11 is 0. The minimum atomic E-state index is -1.06. The summed E-state index contributed by atoms with van der Waals surface area (Å²) in [5.74, 6) is -2.61. The van der Waals surface area contributed by atoms with Crippen molar-refractivity contribution < 1.29 is 23.1 Å². The topological polar surface area (TPSA) is 82.7 Å².